The number of H-pyrrole nitrogens is 1. The molecule has 0 aliphatic heterocycles. The van der Waals surface area contributed by atoms with E-state index >= 15 is 0 Å². The second kappa shape index (κ2) is 4.64. The van der Waals surface area contributed by atoms with Crippen molar-refractivity contribution in [3.63, 3.8) is 0 Å². The molecule has 0 aliphatic carbocycles. The Balaban J connectivity index is 2.33. The van der Waals surface area contributed by atoms with Crippen LogP contribution < -0.4 is 0 Å². The molecule has 4 heteroatoms. The van der Waals surface area contributed by atoms with Gasteiger partial charge in [-0.1, -0.05) is 18.2 Å². The largest absolute Gasteiger partial charge is 0.396 e. The lowest BCUT2D eigenvalue weighted by molar-refractivity contribution is 0.132. The number of para-hydroxylation sites is 1. The molecule has 2 aromatic heterocycles. The maximum absolute atomic E-state index is 10.1. The molecule has 0 radical (unpaired) electrons. The highest BCUT2D eigenvalue weighted by Crippen LogP contribution is 2.32. The minimum atomic E-state index is -0.749. The molecule has 0 bridgehead atoms. The number of rotatable bonds is 3. The van der Waals surface area contributed by atoms with Crippen LogP contribution in [0.3, 0.4) is 0 Å². The summed E-state index contributed by atoms with van der Waals surface area (Å²) in [5.41, 5.74) is 3.58. The Hall–Kier alpha value is -1.91. The maximum Gasteiger partial charge on any atom is 0.100 e. The Morgan fingerprint density at radius 3 is 2.89 bits per heavy atom. The maximum atomic E-state index is 10.1. The van der Waals surface area contributed by atoms with E-state index in [0.717, 1.165) is 27.4 Å². The van der Waals surface area contributed by atoms with Gasteiger partial charge in [0.15, 0.2) is 0 Å². The lowest BCUT2D eigenvalue weighted by Crippen LogP contribution is -2.04. The molecule has 98 valence electrons. The first kappa shape index (κ1) is 12.1. The van der Waals surface area contributed by atoms with Gasteiger partial charge in [-0.2, -0.15) is 0 Å². The van der Waals surface area contributed by atoms with Gasteiger partial charge in [-0.05, 0) is 18.6 Å². The van der Waals surface area contributed by atoms with Gasteiger partial charge in [0, 0.05) is 35.5 Å². The summed E-state index contributed by atoms with van der Waals surface area (Å²) in [4.78, 5) is 7.65. The molecular formula is C15H16N2O2. The molecule has 1 atom stereocenters. The minimum absolute atomic E-state index is 0.0571. The number of aromatic amines is 1. The molecule has 0 saturated carbocycles. The summed E-state index contributed by atoms with van der Waals surface area (Å²) in [5, 5.41) is 21.3. The number of hydrogen-bond acceptors (Lipinski definition) is 3. The van der Waals surface area contributed by atoms with Crippen LogP contribution in [0.25, 0.3) is 21.8 Å². The van der Waals surface area contributed by atoms with E-state index in [1.807, 2.05) is 25.1 Å². The highest BCUT2D eigenvalue weighted by molar-refractivity contribution is 6.09. The van der Waals surface area contributed by atoms with Crippen molar-refractivity contribution in [2.45, 2.75) is 19.4 Å². The van der Waals surface area contributed by atoms with Crippen molar-refractivity contribution in [2.75, 3.05) is 6.61 Å². The van der Waals surface area contributed by atoms with Crippen LogP contribution in [0.4, 0.5) is 0 Å². The first-order valence-corrected chi connectivity index (χ1v) is 6.37. The van der Waals surface area contributed by atoms with Crippen LogP contribution in [0.15, 0.2) is 30.5 Å². The van der Waals surface area contributed by atoms with Crippen molar-refractivity contribution in [1.29, 1.82) is 0 Å². The van der Waals surface area contributed by atoms with Crippen LogP contribution in [-0.4, -0.2) is 26.8 Å². The predicted octanol–water partition coefficient (Wildman–Crippen LogP) is 2.44. The van der Waals surface area contributed by atoms with E-state index in [2.05, 4.69) is 16.0 Å². The fourth-order valence-electron chi connectivity index (χ4n) is 2.55. The fraction of sp³-hybridized carbons (Fsp3) is 0.267. The highest BCUT2D eigenvalue weighted by atomic mass is 16.3. The first-order valence-electron chi connectivity index (χ1n) is 6.37. The van der Waals surface area contributed by atoms with Gasteiger partial charge in [0.1, 0.15) is 6.10 Å². The third-order valence-electron chi connectivity index (χ3n) is 3.47. The summed E-state index contributed by atoms with van der Waals surface area (Å²) in [6.07, 6.45) is 1.32. The molecule has 1 aromatic carbocycles. The van der Waals surface area contributed by atoms with Crippen LogP contribution >= 0.6 is 0 Å². The fourth-order valence-corrected chi connectivity index (χ4v) is 2.55. The zero-order chi connectivity index (χ0) is 13.4. The first-order chi connectivity index (χ1) is 9.22. The molecular weight excluding hydrogens is 240 g/mol. The standard InChI is InChI=1S/C15H16N2O2/c1-9-8-16-14(12(19)6-7-18)15-13(9)10-4-2-3-5-11(10)17-15/h2-5,8,12,17-19H,6-7H2,1H3. The van der Waals surface area contributed by atoms with Gasteiger partial charge < -0.3 is 15.2 Å². The van der Waals surface area contributed by atoms with Crippen LogP contribution in [0.2, 0.25) is 0 Å². The van der Waals surface area contributed by atoms with Gasteiger partial charge in [0.2, 0.25) is 0 Å². The number of hydrogen-bond donors (Lipinski definition) is 3. The summed E-state index contributed by atoms with van der Waals surface area (Å²) in [5.74, 6) is 0. The van der Waals surface area contributed by atoms with Crippen LogP contribution in [0, 0.1) is 6.92 Å². The van der Waals surface area contributed by atoms with Gasteiger partial charge >= 0.3 is 0 Å². The van der Waals surface area contributed by atoms with Crippen molar-refractivity contribution < 1.29 is 10.2 Å². The molecule has 0 aliphatic rings. The van der Waals surface area contributed by atoms with Gasteiger partial charge in [-0.25, -0.2) is 0 Å². The number of nitrogens with zero attached hydrogens (tertiary/aromatic N) is 1. The summed E-state index contributed by atoms with van der Waals surface area (Å²) < 4.78 is 0. The normalized spacial score (nSPS) is 13.2. The van der Waals surface area contributed by atoms with Gasteiger partial charge in [0.05, 0.1) is 11.2 Å². The van der Waals surface area contributed by atoms with E-state index in [0.29, 0.717) is 12.1 Å². The Morgan fingerprint density at radius 2 is 2.11 bits per heavy atom. The number of fused-ring (bicyclic) bond motifs is 3. The number of pyridine rings is 1. The summed E-state index contributed by atoms with van der Waals surface area (Å²) in [6.45, 7) is 1.95. The Morgan fingerprint density at radius 1 is 1.32 bits per heavy atom. The van der Waals surface area contributed by atoms with E-state index < -0.39 is 6.10 Å². The molecule has 3 rings (SSSR count). The molecule has 0 spiro atoms. The Labute approximate surface area is 110 Å². The van der Waals surface area contributed by atoms with Crippen molar-refractivity contribution in [1.82, 2.24) is 9.97 Å². The average molecular weight is 256 g/mol. The van der Waals surface area contributed by atoms with Crippen molar-refractivity contribution in [2.24, 2.45) is 0 Å². The summed E-state index contributed by atoms with van der Waals surface area (Å²) in [7, 11) is 0. The zero-order valence-corrected chi connectivity index (χ0v) is 10.7. The van der Waals surface area contributed by atoms with E-state index in [-0.39, 0.29) is 6.61 Å². The zero-order valence-electron chi connectivity index (χ0n) is 10.7. The van der Waals surface area contributed by atoms with Crippen LogP contribution in [0.1, 0.15) is 23.8 Å². The molecule has 4 nitrogen and oxygen atoms in total. The third kappa shape index (κ3) is 1.89. The topological polar surface area (TPSA) is 69.1 Å². The summed E-state index contributed by atoms with van der Waals surface area (Å²) in [6, 6.07) is 8.05. The molecule has 1 unspecified atom stereocenters. The molecule has 0 saturated heterocycles. The van der Waals surface area contributed by atoms with Crippen molar-refractivity contribution in [3.05, 3.63) is 41.7 Å². The van der Waals surface area contributed by atoms with Gasteiger partial charge in [0.25, 0.3) is 0 Å². The lowest BCUT2D eigenvalue weighted by Gasteiger charge is -2.10. The number of aromatic nitrogens is 2. The molecule has 3 N–H and O–H groups in total. The van der Waals surface area contributed by atoms with E-state index in [1.165, 1.54) is 0 Å². The van der Waals surface area contributed by atoms with E-state index in [4.69, 9.17) is 5.11 Å². The van der Waals surface area contributed by atoms with E-state index in [1.54, 1.807) is 6.20 Å². The molecule has 0 amide bonds. The number of aryl methyl sites for hydroxylation is 1. The van der Waals surface area contributed by atoms with Crippen LogP contribution in [0.5, 0.6) is 0 Å². The number of nitrogens with one attached hydrogen (secondary N) is 1. The molecule has 3 aromatic rings. The smallest absolute Gasteiger partial charge is 0.100 e. The number of aliphatic hydroxyl groups is 2. The summed E-state index contributed by atoms with van der Waals surface area (Å²) >= 11 is 0. The SMILES string of the molecule is Cc1cnc(C(O)CCO)c2[nH]c3ccccc3c12. The third-order valence-corrected chi connectivity index (χ3v) is 3.47. The second-order valence-electron chi connectivity index (χ2n) is 4.78. The molecule has 2 heterocycles. The Kier molecular flexibility index (Phi) is 2.97. The second-order valence-corrected chi connectivity index (χ2v) is 4.78. The van der Waals surface area contributed by atoms with E-state index in [9.17, 15) is 5.11 Å². The monoisotopic (exact) mass is 256 g/mol. The minimum Gasteiger partial charge on any atom is -0.396 e. The quantitative estimate of drug-likeness (QED) is 0.674. The van der Waals surface area contributed by atoms with Gasteiger partial charge in [-0.3, -0.25) is 4.98 Å². The number of aliphatic hydroxyl groups excluding tert-OH is 2. The van der Waals surface area contributed by atoms with Crippen LogP contribution in [-0.2, 0) is 0 Å². The molecule has 19 heavy (non-hydrogen) atoms. The van der Waals surface area contributed by atoms with Crippen molar-refractivity contribution in [3.8, 4) is 0 Å². The van der Waals surface area contributed by atoms with Crippen molar-refractivity contribution >= 4 is 21.8 Å². The number of benzene rings is 1. The Bertz CT molecular complexity index is 733. The lowest BCUT2D eigenvalue weighted by atomic mass is 10.1. The predicted molar refractivity (Wildman–Crippen MR) is 75.0 cm³/mol. The average Bonchev–Trinajstić information content (AvgIpc) is 2.79. The highest BCUT2D eigenvalue weighted by Gasteiger charge is 2.17. The van der Waals surface area contributed by atoms with Gasteiger partial charge in [-0.15, -0.1) is 0 Å². The molecule has 0 fully saturated rings.